The molecule has 1 aromatic carbocycles. The van der Waals surface area contributed by atoms with Crippen LogP contribution in [0.1, 0.15) is 34.3 Å². The Morgan fingerprint density at radius 3 is 2.79 bits per heavy atom. The summed E-state index contributed by atoms with van der Waals surface area (Å²) >= 11 is 9.43. The predicted molar refractivity (Wildman–Crippen MR) is 61.2 cm³/mol. The van der Waals surface area contributed by atoms with Crippen LogP contribution in [0.25, 0.3) is 0 Å². The van der Waals surface area contributed by atoms with Crippen LogP contribution in [0.4, 0.5) is 0 Å². The molecule has 0 amide bonds. The second-order valence-corrected chi connectivity index (χ2v) is 4.78. The Kier molecular flexibility index (Phi) is 2.93. The fourth-order valence-electron chi connectivity index (χ4n) is 2.00. The average Bonchev–Trinajstić information content (AvgIpc) is 2.20. The molecular formula is C11H10BrClO. The van der Waals surface area contributed by atoms with Crippen molar-refractivity contribution in [1.29, 1.82) is 0 Å². The van der Waals surface area contributed by atoms with E-state index in [0.29, 0.717) is 10.6 Å². The van der Waals surface area contributed by atoms with E-state index in [-0.39, 0.29) is 0 Å². The van der Waals surface area contributed by atoms with Gasteiger partial charge in [-0.05, 0) is 58.8 Å². The molecule has 1 aliphatic rings. The molecule has 0 radical (unpaired) electrons. The Morgan fingerprint density at radius 2 is 2.07 bits per heavy atom. The molecule has 0 fully saturated rings. The molecule has 0 bridgehead atoms. The van der Waals surface area contributed by atoms with E-state index >= 15 is 0 Å². The SMILES string of the molecule is O=Cc1c(Cl)c(Br)cc2c1CCCC2. The second kappa shape index (κ2) is 4.03. The second-order valence-electron chi connectivity index (χ2n) is 3.55. The zero-order valence-electron chi connectivity index (χ0n) is 7.65. The minimum Gasteiger partial charge on any atom is -0.298 e. The lowest BCUT2D eigenvalue weighted by molar-refractivity contribution is 0.112. The third-order valence-corrected chi connectivity index (χ3v) is 3.96. The summed E-state index contributed by atoms with van der Waals surface area (Å²) in [5, 5.41) is 0.556. The van der Waals surface area contributed by atoms with Gasteiger partial charge in [0, 0.05) is 10.0 Å². The summed E-state index contributed by atoms with van der Waals surface area (Å²) in [6.07, 6.45) is 5.28. The molecule has 14 heavy (non-hydrogen) atoms. The van der Waals surface area contributed by atoms with Gasteiger partial charge in [0.05, 0.1) is 5.02 Å². The van der Waals surface area contributed by atoms with Crippen LogP contribution in [0, 0.1) is 0 Å². The van der Waals surface area contributed by atoms with E-state index in [1.165, 1.54) is 12.0 Å². The third-order valence-electron chi connectivity index (χ3n) is 2.70. The number of carbonyl (C=O) groups is 1. The molecule has 1 nitrogen and oxygen atoms in total. The number of hydrogen-bond donors (Lipinski definition) is 0. The van der Waals surface area contributed by atoms with E-state index in [1.54, 1.807) is 0 Å². The van der Waals surface area contributed by atoms with Gasteiger partial charge < -0.3 is 0 Å². The van der Waals surface area contributed by atoms with Gasteiger partial charge in [0.2, 0.25) is 0 Å². The van der Waals surface area contributed by atoms with Gasteiger partial charge >= 0.3 is 0 Å². The number of aryl methyl sites for hydroxylation is 1. The molecule has 2 rings (SSSR count). The normalized spacial score (nSPS) is 15.0. The van der Waals surface area contributed by atoms with Crippen molar-refractivity contribution in [2.24, 2.45) is 0 Å². The molecule has 1 aromatic rings. The molecule has 3 heteroatoms. The third kappa shape index (κ3) is 1.61. The summed E-state index contributed by atoms with van der Waals surface area (Å²) in [7, 11) is 0. The van der Waals surface area contributed by atoms with E-state index in [9.17, 15) is 4.79 Å². The maximum Gasteiger partial charge on any atom is 0.151 e. The number of fused-ring (bicyclic) bond motifs is 1. The standard InChI is InChI=1S/C11H10BrClO/c12-10-5-7-3-1-2-4-8(7)9(6-14)11(10)13/h5-6H,1-4H2. The summed E-state index contributed by atoms with van der Waals surface area (Å²) in [5.74, 6) is 0. The highest BCUT2D eigenvalue weighted by Gasteiger charge is 2.17. The zero-order chi connectivity index (χ0) is 10.1. The highest BCUT2D eigenvalue weighted by molar-refractivity contribution is 9.10. The van der Waals surface area contributed by atoms with E-state index in [2.05, 4.69) is 15.9 Å². The van der Waals surface area contributed by atoms with Crippen LogP contribution in [0.15, 0.2) is 10.5 Å². The first-order valence-electron chi connectivity index (χ1n) is 4.69. The first kappa shape index (κ1) is 10.2. The minimum atomic E-state index is 0.556. The molecule has 0 aliphatic heterocycles. The van der Waals surface area contributed by atoms with Gasteiger partial charge in [0.25, 0.3) is 0 Å². The van der Waals surface area contributed by atoms with Crippen LogP contribution in [0.5, 0.6) is 0 Å². The van der Waals surface area contributed by atoms with Crippen molar-refractivity contribution in [2.45, 2.75) is 25.7 Å². The molecule has 74 valence electrons. The van der Waals surface area contributed by atoms with Gasteiger partial charge in [0.1, 0.15) is 0 Å². The molecule has 0 saturated carbocycles. The molecule has 0 unspecified atom stereocenters. The Bertz CT molecular complexity index is 387. The van der Waals surface area contributed by atoms with Gasteiger partial charge in [-0.25, -0.2) is 0 Å². The molecule has 1 aliphatic carbocycles. The summed E-state index contributed by atoms with van der Waals surface area (Å²) in [5.41, 5.74) is 3.10. The van der Waals surface area contributed by atoms with Crippen molar-refractivity contribution in [3.8, 4) is 0 Å². The van der Waals surface area contributed by atoms with Crippen LogP contribution >= 0.6 is 27.5 Å². The fourth-order valence-corrected chi connectivity index (χ4v) is 2.70. The van der Waals surface area contributed by atoms with Crippen LogP contribution in [-0.2, 0) is 12.8 Å². The monoisotopic (exact) mass is 272 g/mol. The van der Waals surface area contributed by atoms with Crippen molar-refractivity contribution < 1.29 is 4.79 Å². The van der Waals surface area contributed by atoms with Crippen LogP contribution in [-0.4, -0.2) is 6.29 Å². The van der Waals surface area contributed by atoms with E-state index < -0.39 is 0 Å². The van der Waals surface area contributed by atoms with Crippen LogP contribution < -0.4 is 0 Å². The Balaban J connectivity index is 2.65. The van der Waals surface area contributed by atoms with Crippen LogP contribution in [0.3, 0.4) is 0 Å². The van der Waals surface area contributed by atoms with Gasteiger partial charge in [-0.1, -0.05) is 11.6 Å². The Hall–Kier alpha value is -0.340. The van der Waals surface area contributed by atoms with Crippen molar-refractivity contribution >= 4 is 33.8 Å². The Morgan fingerprint density at radius 1 is 1.36 bits per heavy atom. The van der Waals surface area contributed by atoms with Gasteiger partial charge in [-0.3, -0.25) is 4.79 Å². The van der Waals surface area contributed by atoms with Crippen molar-refractivity contribution in [1.82, 2.24) is 0 Å². The fraction of sp³-hybridized carbons (Fsp3) is 0.364. The first-order valence-corrected chi connectivity index (χ1v) is 5.86. The molecule has 0 heterocycles. The zero-order valence-corrected chi connectivity index (χ0v) is 9.99. The number of aldehydes is 1. The van der Waals surface area contributed by atoms with Crippen LogP contribution in [0.2, 0.25) is 5.02 Å². The summed E-state index contributed by atoms with van der Waals surface area (Å²) < 4.78 is 0.835. The number of rotatable bonds is 1. The molecular weight excluding hydrogens is 263 g/mol. The number of halogens is 2. The lowest BCUT2D eigenvalue weighted by atomic mass is 9.88. The Labute approximate surface area is 96.6 Å². The number of hydrogen-bond acceptors (Lipinski definition) is 1. The average molecular weight is 274 g/mol. The maximum atomic E-state index is 10.9. The highest BCUT2D eigenvalue weighted by Crippen LogP contribution is 2.34. The summed E-state index contributed by atoms with van der Waals surface area (Å²) in [4.78, 5) is 10.9. The predicted octanol–water partition coefficient (Wildman–Crippen LogP) is 3.79. The largest absolute Gasteiger partial charge is 0.298 e. The van der Waals surface area contributed by atoms with Crippen molar-refractivity contribution in [2.75, 3.05) is 0 Å². The summed E-state index contributed by atoms with van der Waals surface area (Å²) in [6, 6.07) is 2.05. The topological polar surface area (TPSA) is 17.1 Å². The lowest BCUT2D eigenvalue weighted by Crippen LogP contribution is -2.07. The summed E-state index contributed by atoms with van der Waals surface area (Å²) in [6.45, 7) is 0. The first-order chi connectivity index (χ1) is 6.74. The van der Waals surface area contributed by atoms with Gasteiger partial charge in [-0.2, -0.15) is 0 Å². The van der Waals surface area contributed by atoms with E-state index in [0.717, 1.165) is 35.6 Å². The van der Waals surface area contributed by atoms with E-state index in [1.807, 2.05) is 6.07 Å². The van der Waals surface area contributed by atoms with E-state index in [4.69, 9.17) is 11.6 Å². The molecule has 0 atom stereocenters. The number of benzene rings is 1. The molecule has 0 N–H and O–H groups in total. The highest BCUT2D eigenvalue weighted by atomic mass is 79.9. The molecule has 0 aromatic heterocycles. The lowest BCUT2D eigenvalue weighted by Gasteiger charge is -2.18. The number of carbonyl (C=O) groups excluding carboxylic acids is 1. The quantitative estimate of drug-likeness (QED) is 0.712. The molecule has 0 saturated heterocycles. The smallest absolute Gasteiger partial charge is 0.151 e. The van der Waals surface area contributed by atoms with Crippen molar-refractivity contribution in [3.05, 3.63) is 32.3 Å². The molecule has 0 spiro atoms. The van der Waals surface area contributed by atoms with Gasteiger partial charge in [0.15, 0.2) is 6.29 Å². The maximum absolute atomic E-state index is 10.9. The van der Waals surface area contributed by atoms with Crippen molar-refractivity contribution in [3.63, 3.8) is 0 Å². The minimum absolute atomic E-state index is 0.556. The van der Waals surface area contributed by atoms with Gasteiger partial charge in [-0.15, -0.1) is 0 Å².